The number of ether oxygens (including phenoxy) is 1. The van der Waals surface area contributed by atoms with Gasteiger partial charge in [0.1, 0.15) is 17.8 Å². The number of β-amino-alcohol motifs (C(OH)–C–C–N with tert-alkyl or cyclic N) is 1. The van der Waals surface area contributed by atoms with E-state index in [0.29, 0.717) is 0 Å². The number of benzene rings is 1. The molecular weight excluding hydrogens is 514 g/mol. The number of hydrogen-bond acceptors (Lipinski definition) is 7. The average Bonchev–Trinajstić information content (AvgIpc) is 3.25. The Hall–Kier alpha value is -3.65. The van der Waals surface area contributed by atoms with E-state index in [1.807, 2.05) is 54.5 Å². The maximum Gasteiger partial charge on any atom is 0.258 e. The van der Waals surface area contributed by atoms with E-state index in [-0.39, 0.29) is 66.6 Å². The Kier molecular flexibility index (Phi) is 11.1. The first-order valence-corrected chi connectivity index (χ1v) is 13.6. The molecule has 1 saturated heterocycles. The summed E-state index contributed by atoms with van der Waals surface area (Å²) in [7, 11) is 1.65. The minimum Gasteiger partial charge on any atom is -0.483 e. The van der Waals surface area contributed by atoms with Crippen LogP contribution in [0.1, 0.15) is 77.2 Å². The molecule has 220 valence electrons. The maximum absolute atomic E-state index is 13.7. The van der Waals surface area contributed by atoms with Crippen LogP contribution in [0.15, 0.2) is 18.2 Å². The smallest absolute Gasteiger partial charge is 0.258 e. The SMILES string of the molecule is CC(C)C[C@@H](NC(=O)c1cc(C#N)ccc1OCC(=O)NC(C)(C)C)C(=O)N1C[C@@H](O)C[C@@H]1C(=O)N(C)C(C)C. The number of likely N-dealkylation sites (tertiary alicyclic amines) is 1. The van der Waals surface area contributed by atoms with Gasteiger partial charge in [-0.25, -0.2) is 0 Å². The van der Waals surface area contributed by atoms with Gasteiger partial charge in [0.25, 0.3) is 11.8 Å². The highest BCUT2D eigenvalue weighted by atomic mass is 16.5. The zero-order chi connectivity index (χ0) is 30.4. The number of nitriles is 1. The molecule has 11 nitrogen and oxygen atoms in total. The molecule has 0 spiro atoms. The molecule has 3 N–H and O–H groups in total. The quantitative estimate of drug-likeness (QED) is 0.397. The van der Waals surface area contributed by atoms with E-state index in [9.17, 15) is 29.5 Å². The highest BCUT2D eigenvalue weighted by Crippen LogP contribution is 2.25. The number of amides is 4. The molecule has 40 heavy (non-hydrogen) atoms. The Balaban J connectivity index is 2.32. The van der Waals surface area contributed by atoms with Gasteiger partial charge in [-0.1, -0.05) is 13.8 Å². The molecule has 2 rings (SSSR count). The van der Waals surface area contributed by atoms with Crippen molar-refractivity contribution in [1.29, 1.82) is 5.26 Å². The van der Waals surface area contributed by atoms with Crippen LogP contribution in [0.25, 0.3) is 0 Å². The third-order valence-electron chi connectivity index (χ3n) is 6.51. The first kappa shape index (κ1) is 32.6. The van der Waals surface area contributed by atoms with E-state index in [1.165, 1.54) is 28.0 Å². The van der Waals surface area contributed by atoms with Crippen molar-refractivity contribution in [1.82, 2.24) is 20.4 Å². The van der Waals surface area contributed by atoms with Crippen LogP contribution in [0.3, 0.4) is 0 Å². The van der Waals surface area contributed by atoms with Crippen LogP contribution >= 0.6 is 0 Å². The zero-order valence-corrected chi connectivity index (χ0v) is 24.8. The number of nitrogens with one attached hydrogen (secondary N) is 2. The molecule has 0 aliphatic carbocycles. The van der Waals surface area contributed by atoms with Crippen molar-refractivity contribution < 1.29 is 29.0 Å². The lowest BCUT2D eigenvalue weighted by atomic mass is 10.0. The van der Waals surface area contributed by atoms with Crippen molar-refractivity contribution in [2.45, 2.75) is 91.1 Å². The molecule has 1 aromatic rings. The fraction of sp³-hybridized carbons (Fsp3) is 0.621. The van der Waals surface area contributed by atoms with Gasteiger partial charge in [0.15, 0.2) is 6.61 Å². The van der Waals surface area contributed by atoms with E-state index < -0.39 is 35.5 Å². The molecule has 1 heterocycles. The van der Waals surface area contributed by atoms with Crippen LogP contribution in [0.5, 0.6) is 5.75 Å². The summed E-state index contributed by atoms with van der Waals surface area (Å²) in [6.45, 7) is 12.6. The van der Waals surface area contributed by atoms with Gasteiger partial charge in [-0.15, -0.1) is 0 Å². The van der Waals surface area contributed by atoms with Crippen molar-refractivity contribution >= 4 is 23.6 Å². The molecule has 0 radical (unpaired) electrons. The van der Waals surface area contributed by atoms with Gasteiger partial charge in [-0.05, 0) is 65.2 Å². The molecule has 0 aromatic heterocycles. The van der Waals surface area contributed by atoms with E-state index in [1.54, 1.807) is 7.05 Å². The lowest BCUT2D eigenvalue weighted by Crippen LogP contribution is -2.54. The second kappa shape index (κ2) is 13.6. The number of likely N-dealkylation sites (N-methyl/N-ethyl adjacent to an activating group) is 1. The van der Waals surface area contributed by atoms with Crippen molar-refractivity contribution in [2.24, 2.45) is 5.92 Å². The molecule has 1 aliphatic rings. The molecule has 1 aromatic carbocycles. The van der Waals surface area contributed by atoms with Gasteiger partial charge >= 0.3 is 0 Å². The van der Waals surface area contributed by atoms with Crippen molar-refractivity contribution in [3.05, 3.63) is 29.3 Å². The number of aliphatic hydroxyl groups excluding tert-OH is 1. The standard InChI is InChI=1S/C29H43N5O6/c1-17(2)11-22(27(38)34-15-20(35)13-23(34)28(39)33(8)18(3)4)31-26(37)21-12-19(14-30)9-10-24(21)40-16-25(36)32-29(5,6)7/h9-10,12,17-18,20,22-23,35H,11,13,15-16H2,1-8H3,(H,31,37)(H,32,36)/t20-,22+,23+/m0/s1. The minimum atomic E-state index is -1.000. The Morgan fingerprint density at radius 2 is 1.85 bits per heavy atom. The predicted octanol–water partition coefficient (Wildman–Crippen LogP) is 1.82. The Labute approximate surface area is 236 Å². The third-order valence-corrected chi connectivity index (χ3v) is 6.51. The van der Waals surface area contributed by atoms with E-state index in [0.717, 1.165) is 0 Å². The van der Waals surface area contributed by atoms with Gasteiger partial charge in [-0.2, -0.15) is 5.26 Å². The molecule has 0 bridgehead atoms. The van der Waals surface area contributed by atoms with Crippen LogP contribution in [0, 0.1) is 17.2 Å². The summed E-state index contributed by atoms with van der Waals surface area (Å²) < 4.78 is 5.64. The normalized spacial score (nSPS) is 17.8. The summed E-state index contributed by atoms with van der Waals surface area (Å²) in [4.78, 5) is 55.5. The molecule has 0 unspecified atom stereocenters. The first-order chi connectivity index (χ1) is 18.5. The van der Waals surface area contributed by atoms with Gasteiger partial charge in [-0.3, -0.25) is 19.2 Å². The molecule has 4 amide bonds. The highest BCUT2D eigenvalue weighted by Gasteiger charge is 2.43. The van der Waals surface area contributed by atoms with Gasteiger partial charge in [0.2, 0.25) is 11.8 Å². The number of rotatable bonds is 10. The molecule has 0 saturated carbocycles. The monoisotopic (exact) mass is 557 g/mol. The Bertz CT molecular complexity index is 1140. The number of hydrogen-bond donors (Lipinski definition) is 3. The Morgan fingerprint density at radius 3 is 2.40 bits per heavy atom. The van der Waals surface area contributed by atoms with E-state index >= 15 is 0 Å². The van der Waals surface area contributed by atoms with Crippen LogP contribution in [0.2, 0.25) is 0 Å². The lowest BCUT2D eigenvalue weighted by molar-refractivity contribution is -0.145. The van der Waals surface area contributed by atoms with E-state index in [2.05, 4.69) is 10.6 Å². The number of carbonyl (C=O) groups is 4. The first-order valence-electron chi connectivity index (χ1n) is 13.6. The van der Waals surface area contributed by atoms with Crippen LogP contribution in [0.4, 0.5) is 0 Å². The summed E-state index contributed by atoms with van der Waals surface area (Å²) in [5.74, 6) is -1.70. The third kappa shape index (κ3) is 8.95. The zero-order valence-electron chi connectivity index (χ0n) is 24.8. The minimum absolute atomic E-state index is 0.00205. The summed E-state index contributed by atoms with van der Waals surface area (Å²) in [5.41, 5.74) is -0.270. The highest BCUT2D eigenvalue weighted by molar-refractivity contribution is 6.00. The lowest BCUT2D eigenvalue weighted by Gasteiger charge is -2.32. The van der Waals surface area contributed by atoms with Crippen LogP contribution < -0.4 is 15.4 Å². The second-order valence-corrected chi connectivity index (χ2v) is 12.0. The molecule has 3 atom stereocenters. The summed E-state index contributed by atoms with van der Waals surface area (Å²) in [6, 6.07) is 4.29. The van der Waals surface area contributed by atoms with E-state index in [4.69, 9.17) is 4.74 Å². The number of aliphatic hydroxyl groups is 1. The predicted molar refractivity (Wildman–Crippen MR) is 149 cm³/mol. The maximum atomic E-state index is 13.7. The van der Waals surface area contributed by atoms with Crippen LogP contribution in [-0.4, -0.2) is 88.5 Å². The van der Waals surface area contributed by atoms with Gasteiger partial charge in [0, 0.05) is 31.6 Å². The topological polar surface area (TPSA) is 152 Å². The molecule has 1 aliphatic heterocycles. The van der Waals surface area contributed by atoms with Gasteiger partial charge < -0.3 is 30.3 Å². The van der Waals surface area contributed by atoms with Crippen molar-refractivity contribution in [3.8, 4) is 11.8 Å². The van der Waals surface area contributed by atoms with Crippen molar-refractivity contribution in [2.75, 3.05) is 20.2 Å². The fourth-order valence-electron chi connectivity index (χ4n) is 4.41. The number of carbonyl (C=O) groups excluding carboxylic acids is 4. The largest absolute Gasteiger partial charge is 0.483 e. The molecule has 11 heteroatoms. The summed E-state index contributed by atoms with van der Waals surface area (Å²) in [5, 5.41) is 25.3. The van der Waals surface area contributed by atoms with Gasteiger partial charge in [0.05, 0.1) is 23.3 Å². The van der Waals surface area contributed by atoms with Crippen LogP contribution in [-0.2, 0) is 14.4 Å². The summed E-state index contributed by atoms with van der Waals surface area (Å²) in [6.07, 6.45) is -0.469. The number of nitrogens with zero attached hydrogens (tertiary/aromatic N) is 3. The Morgan fingerprint density at radius 1 is 1.20 bits per heavy atom. The summed E-state index contributed by atoms with van der Waals surface area (Å²) >= 11 is 0. The second-order valence-electron chi connectivity index (χ2n) is 12.0. The fourth-order valence-corrected chi connectivity index (χ4v) is 4.41. The molecular formula is C29H43N5O6. The van der Waals surface area contributed by atoms with Crippen molar-refractivity contribution in [3.63, 3.8) is 0 Å². The average molecular weight is 558 g/mol. The molecule has 1 fully saturated rings.